The first kappa shape index (κ1) is 31.5. The molecule has 1 fully saturated rings. The second-order valence-electron chi connectivity index (χ2n) is 11.6. The first-order valence-electron chi connectivity index (χ1n) is 15.5. The van der Waals surface area contributed by atoms with Gasteiger partial charge in [0.2, 0.25) is 5.91 Å². The van der Waals surface area contributed by atoms with Gasteiger partial charge in [-0.05, 0) is 61.1 Å². The molecule has 0 bridgehead atoms. The average molecular weight is 605 g/mol. The van der Waals surface area contributed by atoms with E-state index in [2.05, 4.69) is 22.8 Å². The number of hydrogen-bond acceptors (Lipinski definition) is 6. The second-order valence-corrected chi connectivity index (χ2v) is 11.6. The van der Waals surface area contributed by atoms with Gasteiger partial charge in [-0.2, -0.15) is 0 Å². The highest BCUT2D eigenvalue weighted by Gasteiger charge is 2.43. The summed E-state index contributed by atoms with van der Waals surface area (Å²) in [4.78, 5) is 38.9. The lowest BCUT2D eigenvalue weighted by Crippen LogP contribution is -2.47. The Morgan fingerprint density at radius 1 is 0.800 bits per heavy atom. The Bertz CT molecular complexity index is 1570. The third kappa shape index (κ3) is 8.18. The van der Waals surface area contributed by atoms with Gasteiger partial charge in [0.05, 0.1) is 19.1 Å². The SMILES string of the molecule is COC(=O)[C@H](Cc1ccc(OCCCNC(=O)C2(Cc3ccccc3)CCC2)cc1)Nc1ccccc1C(=O)c1ccccc1. The van der Waals surface area contributed by atoms with Crippen molar-refractivity contribution in [1.29, 1.82) is 0 Å². The number of hydrogen-bond donors (Lipinski definition) is 2. The molecule has 0 saturated heterocycles. The van der Waals surface area contributed by atoms with Gasteiger partial charge in [0.15, 0.2) is 5.78 Å². The lowest BCUT2D eigenvalue weighted by atomic mass is 9.64. The minimum Gasteiger partial charge on any atom is -0.494 e. The molecule has 0 radical (unpaired) electrons. The zero-order chi connectivity index (χ0) is 31.5. The number of carbonyl (C=O) groups excluding carboxylic acids is 3. The number of anilines is 1. The molecule has 0 unspecified atom stereocenters. The highest BCUT2D eigenvalue weighted by molar-refractivity contribution is 6.12. The minimum atomic E-state index is -0.698. The van der Waals surface area contributed by atoms with E-state index in [0.29, 0.717) is 48.6 Å². The number of amides is 1. The van der Waals surface area contributed by atoms with E-state index in [0.717, 1.165) is 31.2 Å². The van der Waals surface area contributed by atoms with E-state index in [1.165, 1.54) is 12.7 Å². The van der Waals surface area contributed by atoms with E-state index in [1.807, 2.05) is 66.7 Å². The Hall–Kier alpha value is -4.91. The molecule has 7 heteroatoms. The maximum absolute atomic E-state index is 13.2. The Morgan fingerprint density at radius 2 is 1.47 bits per heavy atom. The Morgan fingerprint density at radius 3 is 2.13 bits per heavy atom. The standard InChI is InChI=1S/C38H40N2O5/c1-44-36(42)34(40-33-17-9-8-16-32(33)35(41)30-14-6-3-7-15-30)26-28-18-20-31(21-19-28)45-25-11-24-39-37(43)38(22-10-23-38)27-29-12-4-2-5-13-29/h2-9,12-21,34,40H,10-11,22-27H2,1H3,(H,39,43)/t34-/m0/s1. The monoisotopic (exact) mass is 604 g/mol. The maximum Gasteiger partial charge on any atom is 0.328 e. The molecule has 4 aromatic carbocycles. The van der Waals surface area contributed by atoms with Crippen LogP contribution in [0, 0.1) is 5.41 Å². The molecule has 232 valence electrons. The Balaban J connectivity index is 1.11. The van der Waals surface area contributed by atoms with Gasteiger partial charge < -0.3 is 20.1 Å². The van der Waals surface area contributed by atoms with E-state index >= 15 is 0 Å². The maximum atomic E-state index is 13.2. The molecule has 0 aliphatic heterocycles. The van der Waals surface area contributed by atoms with Gasteiger partial charge in [-0.3, -0.25) is 9.59 Å². The number of para-hydroxylation sites is 1. The van der Waals surface area contributed by atoms with Gasteiger partial charge in [-0.25, -0.2) is 4.79 Å². The fraction of sp³-hybridized carbons (Fsp3) is 0.289. The number of methoxy groups -OCH3 is 1. The number of ether oxygens (including phenoxy) is 2. The first-order valence-corrected chi connectivity index (χ1v) is 15.5. The van der Waals surface area contributed by atoms with Crippen LogP contribution in [0.15, 0.2) is 109 Å². The lowest BCUT2D eigenvalue weighted by Gasteiger charge is -2.40. The normalized spacial score (nSPS) is 14.0. The van der Waals surface area contributed by atoms with Crippen LogP contribution in [0.2, 0.25) is 0 Å². The molecular weight excluding hydrogens is 564 g/mol. The summed E-state index contributed by atoms with van der Waals surface area (Å²) < 4.78 is 11.0. The molecular formula is C38H40N2O5. The summed E-state index contributed by atoms with van der Waals surface area (Å²) in [5.74, 6) is 0.304. The highest BCUT2D eigenvalue weighted by atomic mass is 16.5. The molecule has 0 spiro atoms. The van der Waals surface area contributed by atoms with Crippen LogP contribution in [0.4, 0.5) is 5.69 Å². The number of rotatable bonds is 15. The van der Waals surface area contributed by atoms with Gasteiger partial charge in [0.1, 0.15) is 11.8 Å². The number of benzene rings is 4. The summed E-state index contributed by atoms with van der Waals surface area (Å²) >= 11 is 0. The third-order valence-corrected chi connectivity index (χ3v) is 8.44. The van der Waals surface area contributed by atoms with E-state index < -0.39 is 12.0 Å². The van der Waals surface area contributed by atoms with Gasteiger partial charge in [0, 0.05) is 29.8 Å². The van der Waals surface area contributed by atoms with Crippen LogP contribution in [0.5, 0.6) is 5.75 Å². The highest BCUT2D eigenvalue weighted by Crippen LogP contribution is 2.44. The van der Waals surface area contributed by atoms with Crippen molar-refractivity contribution < 1.29 is 23.9 Å². The lowest BCUT2D eigenvalue weighted by molar-refractivity contribution is -0.141. The predicted octanol–water partition coefficient (Wildman–Crippen LogP) is 6.41. The van der Waals surface area contributed by atoms with Crippen molar-refractivity contribution in [2.75, 3.05) is 25.6 Å². The molecule has 7 nitrogen and oxygen atoms in total. The van der Waals surface area contributed by atoms with Crippen LogP contribution in [-0.2, 0) is 27.2 Å². The van der Waals surface area contributed by atoms with Gasteiger partial charge >= 0.3 is 5.97 Å². The summed E-state index contributed by atoms with van der Waals surface area (Å²) in [5.41, 5.74) is 3.46. The van der Waals surface area contributed by atoms with Crippen molar-refractivity contribution in [2.45, 2.75) is 44.6 Å². The molecule has 0 aromatic heterocycles. The Labute approximate surface area is 265 Å². The zero-order valence-corrected chi connectivity index (χ0v) is 25.7. The first-order chi connectivity index (χ1) is 22.0. The summed E-state index contributed by atoms with van der Waals surface area (Å²) in [7, 11) is 1.35. The zero-order valence-electron chi connectivity index (χ0n) is 25.7. The molecule has 0 heterocycles. The third-order valence-electron chi connectivity index (χ3n) is 8.44. The van der Waals surface area contributed by atoms with Crippen LogP contribution >= 0.6 is 0 Å². The number of ketones is 1. The average Bonchev–Trinajstić information content (AvgIpc) is 3.07. The number of esters is 1. The smallest absolute Gasteiger partial charge is 0.328 e. The molecule has 4 aromatic rings. The van der Waals surface area contributed by atoms with E-state index in [1.54, 1.807) is 30.3 Å². The van der Waals surface area contributed by atoms with Crippen molar-refractivity contribution in [3.8, 4) is 5.75 Å². The van der Waals surface area contributed by atoms with Crippen LogP contribution in [0.1, 0.15) is 52.7 Å². The molecule has 5 rings (SSSR count). The van der Waals surface area contributed by atoms with Crippen molar-refractivity contribution in [2.24, 2.45) is 5.41 Å². The predicted molar refractivity (Wildman–Crippen MR) is 175 cm³/mol. The number of nitrogens with one attached hydrogen (secondary N) is 2. The van der Waals surface area contributed by atoms with Crippen molar-refractivity contribution in [3.05, 3.63) is 131 Å². The molecule has 1 aliphatic rings. The van der Waals surface area contributed by atoms with Gasteiger partial charge in [-0.15, -0.1) is 0 Å². The summed E-state index contributed by atoms with van der Waals surface area (Å²) in [5, 5.41) is 6.37. The summed E-state index contributed by atoms with van der Waals surface area (Å²) in [6, 6.07) is 33.3. The fourth-order valence-electron chi connectivity index (χ4n) is 5.76. The molecule has 1 atom stereocenters. The van der Waals surface area contributed by atoms with E-state index in [4.69, 9.17) is 9.47 Å². The summed E-state index contributed by atoms with van der Waals surface area (Å²) in [6.45, 7) is 1.04. The van der Waals surface area contributed by atoms with E-state index in [9.17, 15) is 14.4 Å². The number of carbonyl (C=O) groups is 3. The molecule has 1 amide bonds. The van der Waals surface area contributed by atoms with Crippen molar-refractivity contribution >= 4 is 23.3 Å². The van der Waals surface area contributed by atoms with Crippen molar-refractivity contribution in [3.63, 3.8) is 0 Å². The summed E-state index contributed by atoms with van der Waals surface area (Å²) in [6.07, 6.45) is 4.80. The van der Waals surface area contributed by atoms with Crippen LogP contribution < -0.4 is 15.4 Å². The topological polar surface area (TPSA) is 93.7 Å². The quantitative estimate of drug-likeness (QED) is 0.0925. The van der Waals surface area contributed by atoms with Crippen LogP contribution in [0.25, 0.3) is 0 Å². The molecule has 2 N–H and O–H groups in total. The fourth-order valence-corrected chi connectivity index (χ4v) is 5.76. The molecule has 1 saturated carbocycles. The second kappa shape index (κ2) is 15.2. The van der Waals surface area contributed by atoms with Crippen LogP contribution in [-0.4, -0.2) is 44.0 Å². The van der Waals surface area contributed by atoms with Crippen LogP contribution in [0.3, 0.4) is 0 Å². The Kier molecular flexibility index (Phi) is 10.6. The van der Waals surface area contributed by atoms with Crippen molar-refractivity contribution in [1.82, 2.24) is 5.32 Å². The van der Waals surface area contributed by atoms with Gasteiger partial charge in [0.25, 0.3) is 0 Å². The minimum absolute atomic E-state index is 0.127. The van der Waals surface area contributed by atoms with E-state index in [-0.39, 0.29) is 17.1 Å². The molecule has 1 aliphatic carbocycles. The van der Waals surface area contributed by atoms with Gasteiger partial charge in [-0.1, -0.05) is 91.3 Å². The largest absolute Gasteiger partial charge is 0.494 e. The molecule has 45 heavy (non-hydrogen) atoms.